The molecule has 3 aliphatic heterocycles. The van der Waals surface area contributed by atoms with Crippen molar-refractivity contribution >= 4 is 5.96 Å². The van der Waals surface area contributed by atoms with E-state index < -0.39 is 0 Å². The lowest BCUT2D eigenvalue weighted by Gasteiger charge is -2.36. The molecule has 0 saturated carbocycles. The van der Waals surface area contributed by atoms with Gasteiger partial charge in [-0.25, -0.2) is 4.99 Å². The molecule has 0 bridgehead atoms. The van der Waals surface area contributed by atoms with Crippen LogP contribution in [0.5, 0.6) is 0 Å². The minimum atomic E-state index is 0.957. The van der Waals surface area contributed by atoms with Crippen molar-refractivity contribution in [1.82, 2.24) is 10.3 Å². The Bertz CT molecular complexity index is 496. The first kappa shape index (κ1) is 9.48. The van der Waals surface area contributed by atoms with Gasteiger partial charge in [-0.15, -0.1) is 0 Å². The van der Waals surface area contributed by atoms with Crippen LogP contribution in [0.15, 0.2) is 29.3 Å². The van der Waals surface area contributed by atoms with E-state index in [9.17, 15) is 0 Å². The molecule has 4 nitrogen and oxygen atoms in total. The van der Waals surface area contributed by atoms with Crippen molar-refractivity contribution in [1.29, 1.82) is 0 Å². The molecule has 0 aliphatic carbocycles. The normalized spacial score (nSPS) is 29.9. The van der Waals surface area contributed by atoms with E-state index in [4.69, 9.17) is 0 Å². The fourth-order valence-electron chi connectivity index (χ4n) is 3.21. The van der Waals surface area contributed by atoms with Crippen molar-refractivity contribution in [2.75, 3.05) is 26.3 Å². The highest BCUT2D eigenvalue weighted by Crippen LogP contribution is 2.27. The van der Waals surface area contributed by atoms with Gasteiger partial charge >= 0.3 is 0 Å². The summed E-state index contributed by atoms with van der Waals surface area (Å²) in [5.74, 6) is 1.12. The number of hydrogen-bond acceptors (Lipinski definition) is 3. The Balaban J connectivity index is 1.66. The van der Waals surface area contributed by atoms with E-state index in [1.165, 1.54) is 24.1 Å². The molecule has 1 spiro atoms. The molecule has 3 aliphatic rings. The number of nitrogens with one attached hydrogen (secondary N) is 1. The second-order valence-electron chi connectivity index (χ2n) is 5.27. The summed E-state index contributed by atoms with van der Waals surface area (Å²) < 4.78 is 0.968. The van der Waals surface area contributed by atoms with Gasteiger partial charge in [0.25, 0.3) is 0 Å². The summed E-state index contributed by atoms with van der Waals surface area (Å²) in [5, 5.41) is 0. The SMILES string of the molecule is c1ccc2c(c1)CC[N+]1(C2)CN2CCN=C2N1. The lowest BCUT2D eigenvalue weighted by molar-refractivity contribution is -0.971. The first-order valence-electron chi connectivity index (χ1n) is 6.35. The van der Waals surface area contributed by atoms with Gasteiger partial charge in [-0.2, -0.15) is 10.0 Å². The van der Waals surface area contributed by atoms with E-state index in [0.29, 0.717) is 0 Å². The smallest absolute Gasteiger partial charge is 0.245 e. The van der Waals surface area contributed by atoms with Crippen molar-refractivity contribution in [3.05, 3.63) is 35.4 Å². The molecule has 1 atom stereocenters. The van der Waals surface area contributed by atoms with Gasteiger partial charge in [0.05, 0.1) is 6.54 Å². The molecule has 3 heterocycles. The number of benzene rings is 1. The van der Waals surface area contributed by atoms with Gasteiger partial charge in [0.2, 0.25) is 5.96 Å². The molecule has 4 rings (SSSR count). The Labute approximate surface area is 101 Å². The summed E-state index contributed by atoms with van der Waals surface area (Å²) in [4.78, 5) is 6.90. The molecule has 0 aromatic heterocycles. The Hall–Kier alpha value is -1.55. The highest BCUT2D eigenvalue weighted by molar-refractivity contribution is 5.81. The Kier molecular flexibility index (Phi) is 1.80. The highest BCUT2D eigenvalue weighted by atomic mass is 15.8. The van der Waals surface area contributed by atoms with Crippen LogP contribution in [0.25, 0.3) is 0 Å². The molecular weight excluding hydrogens is 212 g/mol. The lowest BCUT2D eigenvalue weighted by Crippen LogP contribution is -2.57. The van der Waals surface area contributed by atoms with Gasteiger partial charge < -0.3 is 0 Å². The van der Waals surface area contributed by atoms with Crippen molar-refractivity contribution in [2.45, 2.75) is 13.0 Å². The van der Waals surface area contributed by atoms with Crippen molar-refractivity contribution in [3.8, 4) is 0 Å². The minimum Gasteiger partial charge on any atom is -0.288 e. The Morgan fingerprint density at radius 1 is 1.24 bits per heavy atom. The molecule has 1 saturated heterocycles. The van der Waals surface area contributed by atoms with Crippen LogP contribution in [0.1, 0.15) is 11.1 Å². The summed E-state index contributed by atoms with van der Waals surface area (Å²) in [6.45, 7) is 5.38. The second kappa shape index (κ2) is 3.23. The predicted octanol–water partition coefficient (Wildman–Crippen LogP) is 0.707. The zero-order valence-electron chi connectivity index (χ0n) is 9.89. The fraction of sp³-hybridized carbons (Fsp3) is 0.462. The van der Waals surface area contributed by atoms with Gasteiger partial charge in [0.15, 0.2) is 6.67 Å². The number of fused-ring (bicyclic) bond motifs is 2. The fourth-order valence-corrected chi connectivity index (χ4v) is 3.21. The van der Waals surface area contributed by atoms with Crippen LogP contribution in [0.2, 0.25) is 0 Å². The Morgan fingerprint density at radius 2 is 2.12 bits per heavy atom. The van der Waals surface area contributed by atoms with Gasteiger partial charge in [-0.05, 0) is 5.56 Å². The largest absolute Gasteiger partial charge is 0.288 e. The van der Waals surface area contributed by atoms with Crippen LogP contribution < -0.4 is 5.43 Å². The molecule has 4 heteroatoms. The van der Waals surface area contributed by atoms with Crippen molar-refractivity contribution in [2.24, 2.45) is 4.99 Å². The monoisotopic (exact) mass is 229 g/mol. The molecule has 0 amide bonds. The quantitative estimate of drug-likeness (QED) is 0.663. The van der Waals surface area contributed by atoms with Gasteiger partial charge in [-0.1, -0.05) is 24.3 Å². The zero-order chi connectivity index (χ0) is 11.3. The molecule has 1 aromatic carbocycles. The maximum atomic E-state index is 4.52. The van der Waals surface area contributed by atoms with E-state index in [-0.39, 0.29) is 0 Å². The van der Waals surface area contributed by atoms with Crippen LogP contribution in [0.3, 0.4) is 0 Å². The Morgan fingerprint density at radius 3 is 3.00 bits per heavy atom. The number of nitrogens with zero attached hydrogens (tertiary/aromatic N) is 3. The van der Waals surface area contributed by atoms with Crippen LogP contribution in [-0.4, -0.2) is 41.8 Å². The molecule has 1 fully saturated rings. The summed E-state index contributed by atoms with van der Waals surface area (Å²) in [7, 11) is 0. The molecular formula is C13H17N4+. The lowest BCUT2D eigenvalue weighted by atomic mass is 10.00. The van der Waals surface area contributed by atoms with Gasteiger partial charge in [-0.3, -0.25) is 4.90 Å². The van der Waals surface area contributed by atoms with Crippen LogP contribution in [0.4, 0.5) is 0 Å². The standard InChI is InChI=1S/C13H17N4/c1-2-4-12-9-17(8-5-11(12)3-1)10-16-7-6-14-13(16)15-17/h1-4H,5-10H2,(H,14,15)/q+1. The van der Waals surface area contributed by atoms with Gasteiger partial charge in [0, 0.05) is 18.5 Å². The number of quaternary nitrogens is 1. The summed E-state index contributed by atoms with van der Waals surface area (Å²) >= 11 is 0. The van der Waals surface area contributed by atoms with Crippen molar-refractivity contribution < 1.29 is 4.59 Å². The topological polar surface area (TPSA) is 27.6 Å². The maximum absolute atomic E-state index is 4.52. The molecule has 0 radical (unpaired) electrons. The van der Waals surface area contributed by atoms with Crippen LogP contribution in [-0.2, 0) is 13.0 Å². The third-order valence-electron chi connectivity index (χ3n) is 4.11. The third-order valence-corrected chi connectivity index (χ3v) is 4.11. The first-order chi connectivity index (χ1) is 8.35. The van der Waals surface area contributed by atoms with Gasteiger partial charge in [0.1, 0.15) is 13.1 Å². The third kappa shape index (κ3) is 1.37. The average molecular weight is 229 g/mol. The number of hydrogen-bond donors (Lipinski definition) is 1. The summed E-state index contributed by atoms with van der Waals surface area (Å²) in [6.07, 6.45) is 1.17. The van der Waals surface area contributed by atoms with E-state index in [2.05, 4.69) is 39.6 Å². The maximum Gasteiger partial charge on any atom is 0.245 e. The van der Waals surface area contributed by atoms with E-state index in [0.717, 1.165) is 36.9 Å². The van der Waals surface area contributed by atoms with Crippen molar-refractivity contribution in [3.63, 3.8) is 0 Å². The molecule has 88 valence electrons. The number of rotatable bonds is 0. The second-order valence-corrected chi connectivity index (χ2v) is 5.27. The summed E-state index contributed by atoms with van der Waals surface area (Å²) in [5.41, 5.74) is 6.64. The first-order valence-corrected chi connectivity index (χ1v) is 6.35. The molecule has 1 N–H and O–H groups in total. The van der Waals surface area contributed by atoms with E-state index in [1.807, 2.05) is 0 Å². The number of aliphatic imine (C=N–C) groups is 1. The molecule has 17 heavy (non-hydrogen) atoms. The van der Waals surface area contributed by atoms with E-state index in [1.54, 1.807) is 0 Å². The zero-order valence-corrected chi connectivity index (χ0v) is 9.89. The summed E-state index contributed by atoms with van der Waals surface area (Å²) in [6, 6.07) is 8.82. The minimum absolute atomic E-state index is 0.957. The molecule has 1 unspecified atom stereocenters. The van der Waals surface area contributed by atoms with Crippen LogP contribution in [0, 0.1) is 0 Å². The highest BCUT2D eigenvalue weighted by Gasteiger charge is 2.44. The van der Waals surface area contributed by atoms with E-state index >= 15 is 0 Å². The average Bonchev–Trinajstić information content (AvgIpc) is 2.87. The molecule has 1 aromatic rings. The number of guanidine groups is 1. The van der Waals surface area contributed by atoms with Crippen LogP contribution >= 0.6 is 0 Å². The predicted molar refractivity (Wildman–Crippen MR) is 66.0 cm³/mol.